The van der Waals surface area contributed by atoms with Gasteiger partial charge >= 0.3 is 0 Å². The molecule has 2 aliphatic rings. The molecule has 2 fully saturated rings. The number of halogens is 1. The van der Waals surface area contributed by atoms with Gasteiger partial charge in [0.05, 0.1) is 12.0 Å². The van der Waals surface area contributed by atoms with Crippen molar-refractivity contribution in [2.75, 3.05) is 6.54 Å². The molecule has 1 heterocycles. The van der Waals surface area contributed by atoms with Crippen molar-refractivity contribution in [3.8, 4) is 0 Å². The molecule has 1 saturated heterocycles. The highest BCUT2D eigenvalue weighted by molar-refractivity contribution is 6.10. The van der Waals surface area contributed by atoms with E-state index in [9.17, 15) is 18.8 Å². The number of likely N-dealkylation sites (tertiary alicyclic amines) is 1. The smallest absolute Gasteiger partial charge is 0.236 e. The van der Waals surface area contributed by atoms with Crippen LogP contribution in [0, 0.1) is 11.2 Å². The summed E-state index contributed by atoms with van der Waals surface area (Å²) in [4.78, 5) is 37.7. The van der Waals surface area contributed by atoms with E-state index in [0.29, 0.717) is 5.56 Å². The number of benzene rings is 1. The van der Waals surface area contributed by atoms with Gasteiger partial charge in [-0.1, -0.05) is 12.8 Å². The van der Waals surface area contributed by atoms with E-state index in [1.165, 1.54) is 24.3 Å². The average molecular weight is 289 g/mol. The van der Waals surface area contributed by atoms with Crippen LogP contribution in [0.5, 0.6) is 0 Å². The molecule has 0 radical (unpaired) electrons. The Morgan fingerprint density at radius 1 is 1.14 bits per heavy atom. The van der Waals surface area contributed by atoms with Crippen molar-refractivity contribution in [1.29, 1.82) is 0 Å². The van der Waals surface area contributed by atoms with Gasteiger partial charge in [-0.25, -0.2) is 4.39 Å². The lowest BCUT2D eigenvalue weighted by Gasteiger charge is -2.20. The largest absolute Gasteiger partial charge is 0.292 e. The second kappa shape index (κ2) is 5.06. The summed E-state index contributed by atoms with van der Waals surface area (Å²) in [7, 11) is 0. The van der Waals surface area contributed by atoms with Gasteiger partial charge in [0, 0.05) is 12.0 Å². The van der Waals surface area contributed by atoms with Gasteiger partial charge in [0.15, 0.2) is 5.78 Å². The van der Waals surface area contributed by atoms with Crippen LogP contribution in [0.2, 0.25) is 0 Å². The number of carbonyl (C=O) groups is 3. The fourth-order valence-corrected chi connectivity index (χ4v) is 3.33. The number of rotatable bonds is 3. The average Bonchev–Trinajstić information content (AvgIpc) is 3.01. The van der Waals surface area contributed by atoms with E-state index in [0.717, 1.165) is 30.6 Å². The molecule has 0 atom stereocenters. The molecule has 4 nitrogen and oxygen atoms in total. The topological polar surface area (TPSA) is 54.5 Å². The molecule has 3 rings (SSSR count). The first-order valence-electron chi connectivity index (χ1n) is 7.15. The van der Waals surface area contributed by atoms with Crippen molar-refractivity contribution in [2.45, 2.75) is 32.1 Å². The predicted octanol–water partition coefficient (Wildman–Crippen LogP) is 2.33. The lowest BCUT2D eigenvalue weighted by Crippen LogP contribution is -2.38. The molecular formula is C16H16FNO3. The molecule has 1 saturated carbocycles. The Labute approximate surface area is 121 Å². The minimum absolute atomic E-state index is 0.208. The summed E-state index contributed by atoms with van der Waals surface area (Å²) in [6, 6.07) is 5.13. The fourth-order valence-electron chi connectivity index (χ4n) is 3.33. The molecule has 0 bridgehead atoms. The molecule has 21 heavy (non-hydrogen) atoms. The van der Waals surface area contributed by atoms with Crippen molar-refractivity contribution in [2.24, 2.45) is 5.41 Å². The summed E-state index contributed by atoms with van der Waals surface area (Å²) in [6.45, 7) is -0.245. The van der Waals surface area contributed by atoms with Crippen LogP contribution in [0.4, 0.5) is 4.39 Å². The van der Waals surface area contributed by atoms with Gasteiger partial charge in [-0.3, -0.25) is 19.3 Å². The molecule has 0 N–H and O–H groups in total. The minimum Gasteiger partial charge on any atom is -0.292 e. The van der Waals surface area contributed by atoms with Crippen molar-refractivity contribution in [3.63, 3.8) is 0 Å². The summed E-state index contributed by atoms with van der Waals surface area (Å²) in [6.07, 6.45) is 3.61. The standard InChI is InChI=1S/C16H16FNO3/c17-12-5-3-11(4-6-12)13(19)10-18-14(20)9-16(15(18)21)7-1-2-8-16/h3-6H,1-2,7-10H2. The lowest BCUT2D eigenvalue weighted by atomic mass is 9.84. The van der Waals surface area contributed by atoms with E-state index >= 15 is 0 Å². The molecule has 5 heteroatoms. The number of hydrogen-bond donors (Lipinski definition) is 0. The van der Waals surface area contributed by atoms with Gasteiger partial charge in [-0.15, -0.1) is 0 Å². The first-order valence-corrected chi connectivity index (χ1v) is 7.15. The Kier molecular flexibility index (Phi) is 3.35. The normalized spacial score (nSPS) is 20.5. The van der Waals surface area contributed by atoms with Crippen LogP contribution < -0.4 is 0 Å². The monoisotopic (exact) mass is 289 g/mol. The highest BCUT2D eigenvalue weighted by atomic mass is 19.1. The maximum Gasteiger partial charge on any atom is 0.236 e. The molecule has 1 aromatic rings. The van der Waals surface area contributed by atoms with Crippen LogP contribution in [0.1, 0.15) is 42.5 Å². The molecule has 110 valence electrons. The number of carbonyl (C=O) groups excluding carboxylic acids is 3. The Morgan fingerprint density at radius 3 is 2.38 bits per heavy atom. The molecule has 0 unspecified atom stereocenters. The van der Waals surface area contributed by atoms with Gasteiger partial charge in [-0.2, -0.15) is 0 Å². The number of nitrogens with zero attached hydrogens (tertiary/aromatic N) is 1. The lowest BCUT2D eigenvalue weighted by molar-refractivity contribution is -0.140. The first-order chi connectivity index (χ1) is 10.0. The fraction of sp³-hybridized carbons (Fsp3) is 0.438. The number of amides is 2. The van der Waals surface area contributed by atoms with E-state index in [4.69, 9.17) is 0 Å². The highest BCUT2D eigenvalue weighted by Gasteiger charge is 2.52. The van der Waals surface area contributed by atoms with Crippen LogP contribution in [-0.4, -0.2) is 29.0 Å². The van der Waals surface area contributed by atoms with Gasteiger partial charge in [0.1, 0.15) is 5.82 Å². The number of hydrogen-bond acceptors (Lipinski definition) is 3. The van der Waals surface area contributed by atoms with Crippen molar-refractivity contribution < 1.29 is 18.8 Å². The maximum atomic E-state index is 12.8. The molecular weight excluding hydrogens is 273 g/mol. The van der Waals surface area contributed by atoms with Crippen molar-refractivity contribution in [3.05, 3.63) is 35.6 Å². The van der Waals surface area contributed by atoms with Crippen LogP contribution in [0.15, 0.2) is 24.3 Å². The Morgan fingerprint density at radius 2 is 1.76 bits per heavy atom. The number of imide groups is 1. The maximum absolute atomic E-state index is 12.8. The Bertz CT molecular complexity index is 602. The van der Waals surface area contributed by atoms with Gasteiger partial charge in [0.25, 0.3) is 0 Å². The number of ketones is 1. The van der Waals surface area contributed by atoms with Crippen LogP contribution in [0.3, 0.4) is 0 Å². The summed E-state index contributed by atoms with van der Waals surface area (Å²) in [5.74, 6) is -1.24. The number of Topliss-reactive ketones (excluding diaryl/α,β-unsaturated/α-hetero) is 1. The minimum atomic E-state index is -0.555. The van der Waals surface area contributed by atoms with E-state index < -0.39 is 11.2 Å². The van der Waals surface area contributed by atoms with E-state index in [1.807, 2.05) is 0 Å². The summed E-state index contributed by atoms with van der Waals surface area (Å²) >= 11 is 0. The van der Waals surface area contributed by atoms with E-state index in [2.05, 4.69) is 0 Å². The van der Waals surface area contributed by atoms with Crippen molar-refractivity contribution >= 4 is 17.6 Å². The quantitative estimate of drug-likeness (QED) is 0.634. The van der Waals surface area contributed by atoms with Crippen LogP contribution in [0.25, 0.3) is 0 Å². The zero-order chi connectivity index (χ0) is 15.0. The van der Waals surface area contributed by atoms with Crippen LogP contribution >= 0.6 is 0 Å². The van der Waals surface area contributed by atoms with Gasteiger partial charge < -0.3 is 0 Å². The summed E-state index contributed by atoms with van der Waals surface area (Å²) in [5.41, 5.74) is -0.246. The van der Waals surface area contributed by atoms with Gasteiger partial charge in [-0.05, 0) is 37.1 Å². The summed E-state index contributed by atoms with van der Waals surface area (Å²) < 4.78 is 12.8. The molecule has 1 aliphatic carbocycles. The van der Waals surface area contributed by atoms with Gasteiger partial charge in [0.2, 0.25) is 11.8 Å². The molecule has 1 aromatic carbocycles. The van der Waals surface area contributed by atoms with E-state index in [-0.39, 0.29) is 30.6 Å². The molecule has 1 spiro atoms. The second-order valence-electron chi connectivity index (χ2n) is 5.88. The summed E-state index contributed by atoms with van der Waals surface area (Å²) in [5, 5.41) is 0. The first kappa shape index (κ1) is 13.9. The molecule has 1 aliphatic heterocycles. The SMILES string of the molecule is O=C(CN1C(=O)CC2(CCCC2)C1=O)c1ccc(F)cc1. The van der Waals surface area contributed by atoms with Crippen LogP contribution in [-0.2, 0) is 9.59 Å². The Hall–Kier alpha value is -2.04. The molecule has 2 amide bonds. The zero-order valence-corrected chi connectivity index (χ0v) is 11.6. The third-order valence-electron chi connectivity index (χ3n) is 4.52. The molecule has 0 aromatic heterocycles. The highest BCUT2D eigenvalue weighted by Crippen LogP contribution is 2.46. The van der Waals surface area contributed by atoms with E-state index in [1.54, 1.807) is 0 Å². The second-order valence-corrected chi connectivity index (χ2v) is 5.88. The Balaban J connectivity index is 1.75. The predicted molar refractivity (Wildman–Crippen MR) is 73.0 cm³/mol. The van der Waals surface area contributed by atoms with Crippen molar-refractivity contribution in [1.82, 2.24) is 4.90 Å². The third kappa shape index (κ3) is 2.37. The third-order valence-corrected chi connectivity index (χ3v) is 4.52. The zero-order valence-electron chi connectivity index (χ0n) is 11.6.